The SMILES string of the molecule is CN=C(NCCc1cn2ccccc2n1)N1CCSC2(CCCCC2)C1.I. The average molecular weight is 499 g/mol. The fourth-order valence-corrected chi connectivity index (χ4v) is 5.84. The summed E-state index contributed by atoms with van der Waals surface area (Å²) in [6.07, 6.45) is 12.0. The van der Waals surface area contributed by atoms with Gasteiger partial charge in [0.1, 0.15) is 5.65 Å². The van der Waals surface area contributed by atoms with Gasteiger partial charge in [0.2, 0.25) is 0 Å². The molecule has 1 saturated heterocycles. The van der Waals surface area contributed by atoms with Crippen molar-refractivity contribution in [2.45, 2.75) is 43.3 Å². The van der Waals surface area contributed by atoms with Gasteiger partial charge in [-0.05, 0) is 25.0 Å². The standard InChI is InChI=1S/C20H29N5S.HI/c1-21-19(25-13-14-26-20(16-25)9-4-2-5-10-20)22-11-8-17-15-24-12-6-3-7-18(24)23-17;/h3,6-7,12,15H,2,4-5,8-11,13-14,16H2,1H3,(H,21,22);1H. The van der Waals surface area contributed by atoms with E-state index < -0.39 is 0 Å². The smallest absolute Gasteiger partial charge is 0.193 e. The van der Waals surface area contributed by atoms with Crippen LogP contribution >= 0.6 is 35.7 Å². The molecule has 1 aliphatic heterocycles. The summed E-state index contributed by atoms with van der Waals surface area (Å²) in [6, 6.07) is 6.11. The summed E-state index contributed by atoms with van der Waals surface area (Å²) >= 11 is 2.20. The lowest BCUT2D eigenvalue weighted by Crippen LogP contribution is -2.53. The Hall–Kier alpha value is -0.960. The zero-order valence-electron chi connectivity index (χ0n) is 16.1. The summed E-state index contributed by atoms with van der Waals surface area (Å²) in [5.74, 6) is 2.27. The van der Waals surface area contributed by atoms with Crippen LogP contribution in [0.15, 0.2) is 35.6 Å². The molecule has 3 heterocycles. The maximum Gasteiger partial charge on any atom is 0.193 e. The Morgan fingerprint density at radius 3 is 2.93 bits per heavy atom. The van der Waals surface area contributed by atoms with Gasteiger partial charge in [-0.2, -0.15) is 11.8 Å². The zero-order chi connectivity index (χ0) is 17.8. The van der Waals surface area contributed by atoms with Gasteiger partial charge in [0.05, 0.1) is 5.69 Å². The number of aliphatic imine (C=N–C) groups is 1. The van der Waals surface area contributed by atoms with Gasteiger partial charge >= 0.3 is 0 Å². The summed E-state index contributed by atoms with van der Waals surface area (Å²) in [5.41, 5.74) is 2.14. The van der Waals surface area contributed by atoms with E-state index in [0.29, 0.717) is 4.75 Å². The van der Waals surface area contributed by atoms with Crippen molar-refractivity contribution in [1.82, 2.24) is 19.6 Å². The molecule has 2 fully saturated rings. The summed E-state index contributed by atoms with van der Waals surface area (Å²) in [7, 11) is 1.91. The van der Waals surface area contributed by atoms with Crippen molar-refractivity contribution in [3.63, 3.8) is 0 Å². The molecule has 0 radical (unpaired) electrons. The molecular weight excluding hydrogens is 469 g/mol. The molecule has 2 aromatic rings. The highest BCUT2D eigenvalue weighted by Gasteiger charge is 2.38. The highest BCUT2D eigenvalue weighted by atomic mass is 127. The van der Waals surface area contributed by atoms with Crippen LogP contribution in [-0.4, -0.2) is 57.4 Å². The van der Waals surface area contributed by atoms with Crippen LogP contribution in [0.1, 0.15) is 37.8 Å². The van der Waals surface area contributed by atoms with Crippen molar-refractivity contribution in [2.24, 2.45) is 4.99 Å². The number of hydrogen-bond donors (Lipinski definition) is 1. The molecule has 0 amide bonds. The van der Waals surface area contributed by atoms with E-state index in [2.05, 4.69) is 42.6 Å². The molecule has 0 atom stereocenters. The Bertz CT molecular complexity index is 730. The van der Waals surface area contributed by atoms with Crippen molar-refractivity contribution < 1.29 is 0 Å². The first-order chi connectivity index (χ1) is 12.8. The topological polar surface area (TPSA) is 44.9 Å². The Morgan fingerprint density at radius 2 is 2.15 bits per heavy atom. The lowest BCUT2D eigenvalue weighted by atomic mass is 9.87. The molecule has 27 heavy (non-hydrogen) atoms. The Labute approximate surface area is 183 Å². The molecule has 148 valence electrons. The number of rotatable bonds is 3. The van der Waals surface area contributed by atoms with E-state index in [4.69, 9.17) is 0 Å². The minimum absolute atomic E-state index is 0. The van der Waals surface area contributed by atoms with Crippen LogP contribution in [0.3, 0.4) is 0 Å². The number of thioether (sulfide) groups is 1. The third kappa shape index (κ3) is 4.91. The summed E-state index contributed by atoms with van der Waals surface area (Å²) < 4.78 is 2.55. The van der Waals surface area contributed by atoms with Crippen molar-refractivity contribution in [1.29, 1.82) is 0 Å². The van der Waals surface area contributed by atoms with Crippen LogP contribution in [0.4, 0.5) is 0 Å². The van der Waals surface area contributed by atoms with Crippen LogP contribution in [0, 0.1) is 0 Å². The molecule has 2 aliphatic rings. The van der Waals surface area contributed by atoms with Crippen molar-refractivity contribution in [3.05, 3.63) is 36.3 Å². The normalized spacial score (nSPS) is 19.9. The Balaban J connectivity index is 0.00000210. The van der Waals surface area contributed by atoms with E-state index in [1.165, 1.54) is 37.9 Å². The molecule has 0 bridgehead atoms. The van der Waals surface area contributed by atoms with E-state index in [9.17, 15) is 0 Å². The number of nitrogens with one attached hydrogen (secondary N) is 1. The van der Waals surface area contributed by atoms with Crippen LogP contribution in [0.5, 0.6) is 0 Å². The molecular formula is C20H30IN5S. The lowest BCUT2D eigenvalue weighted by molar-refractivity contribution is 0.293. The van der Waals surface area contributed by atoms with E-state index in [1.807, 2.05) is 31.4 Å². The van der Waals surface area contributed by atoms with Crippen LogP contribution < -0.4 is 5.32 Å². The van der Waals surface area contributed by atoms with Gasteiger partial charge in [-0.25, -0.2) is 4.98 Å². The highest BCUT2D eigenvalue weighted by Crippen LogP contribution is 2.42. The quantitative estimate of drug-likeness (QED) is 0.396. The second-order valence-corrected chi connectivity index (χ2v) is 9.00. The monoisotopic (exact) mass is 499 g/mol. The fraction of sp³-hybridized carbons (Fsp3) is 0.600. The first-order valence-corrected chi connectivity index (χ1v) is 10.8. The minimum Gasteiger partial charge on any atom is -0.356 e. The molecule has 2 aromatic heterocycles. The van der Waals surface area contributed by atoms with Gasteiger partial charge in [-0.3, -0.25) is 4.99 Å². The number of imidazole rings is 1. The molecule has 0 aromatic carbocycles. The number of halogens is 1. The average Bonchev–Trinajstić information content (AvgIpc) is 3.09. The fourth-order valence-electron chi connectivity index (χ4n) is 4.27. The molecule has 1 spiro atoms. The zero-order valence-corrected chi connectivity index (χ0v) is 19.2. The third-order valence-corrected chi connectivity index (χ3v) is 7.14. The maximum atomic E-state index is 4.68. The van der Waals surface area contributed by atoms with Crippen LogP contribution in [0.25, 0.3) is 5.65 Å². The summed E-state index contributed by atoms with van der Waals surface area (Å²) in [5, 5.41) is 3.57. The van der Waals surface area contributed by atoms with Crippen molar-refractivity contribution >= 4 is 47.3 Å². The molecule has 7 heteroatoms. The predicted molar refractivity (Wildman–Crippen MR) is 126 cm³/mol. The number of hydrogen-bond acceptors (Lipinski definition) is 3. The molecule has 5 nitrogen and oxygen atoms in total. The lowest BCUT2D eigenvalue weighted by Gasteiger charge is -2.45. The molecule has 1 aliphatic carbocycles. The second kappa shape index (κ2) is 9.49. The minimum atomic E-state index is 0. The summed E-state index contributed by atoms with van der Waals surface area (Å²) in [4.78, 5) is 11.7. The van der Waals surface area contributed by atoms with Crippen LogP contribution in [-0.2, 0) is 6.42 Å². The van der Waals surface area contributed by atoms with Gasteiger partial charge in [0, 0.05) is 56.0 Å². The van der Waals surface area contributed by atoms with E-state index in [0.717, 1.165) is 43.4 Å². The predicted octanol–water partition coefficient (Wildman–Crippen LogP) is 3.82. The molecule has 4 rings (SSSR count). The van der Waals surface area contributed by atoms with E-state index in [1.54, 1.807) is 0 Å². The first-order valence-electron chi connectivity index (χ1n) is 9.80. The Morgan fingerprint density at radius 1 is 1.30 bits per heavy atom. The Kier molecular flexibility index (Phi) is 7.30. The first kappa shape index (κ1) is 20.8. The van der Waals surface area contributed by atoms with Gasteiger partial charge in [0.25, 0.3) is 0 Å². The van der Waals surface area contributed by atoms with Crippen molar-refractivity contribution in [2.75, 3.05) is 32.4 Å². The third-order valence-electron chi connectivity index (χ3n) is 5.60. The van der Waals surface area contributed by atoms with Gasteiger partial charge in [0.15, 0.2) is 5.96 Å². The van der Waals surface area contributed by atoms with Crippen LogP contribution in [0.2, 0.25) is 0 Å². The number of fused-ring (bicyclic) bond motifs is 1. The van der Waals surface area contributed by atoms with E-state index in [-0.39, 0.29) is 24.0 Å². The number of aromatic nitrogens is 2. The number of guanidine groups is 1. The van der Waals surface area contributed by atoms with Crippen molar-refractivity contribution in [3.8, 4) is 0 Å². The maximum absolute atomic E-state index is 4.68. The van der Waals surface area contributed by atoms with Gasteiger partial charge in [-0.1, -0.05) is 25.3 Å². The van der Waals surface area contributed by atoms with Gasteiger partial charge < -0.3 is 14.6 Å². The van der Waals surface area contributed by atoms with E-state index >= 15 is 0 Å². The molecule has 0 unspecified atom stereocenters. The number of nitrogens with zero attached hydrogens (tertiary/aromatic N) is 4. The highest BCUT2D eigenvalue weighted by molar-refractivity contribution is 14.0. The molecule has 1 N–H and O–H groups in total. The molecule has 1 saturated carbocycles. The summed E-state index contributed by atoms with van der Waals surface area (Å²) in [6.45, 7) is 3.11. The number of pyridine rings is 1. The second-order valence-electron chi connectivity index (χ2n) is 7.44. The van der Waals surface area contributed by atoms with Gasteiger partial charge in [-0.15, -0.1) is 24.0 Å². The largest absolute Gasteiger partial charge is 0.356 e.